The van der Waals surface area contributed by atoms with Crippen molar-refractivity contribution in [3.63, 3.8) is 0 Å². The Balaban J connectivity index is 2.30. The zero-order chi connectivity index (χ0) is 14.4. The lowest BCUT2D eigenvalue weighted by Crippen LogP contribution is -1.94. The summed E-state index contributed by atoms with van der Waals surface area (Å²) in [5.41, 5.74) is 1.03. The van der Waals surface area contributed by atoms with Crippen molar-refractivity contribution in [3.05, 3.63) is 45.4 Å². The molecule has 0 N–H and O–H groups in total. The highest BCUT2D eigenvalue weighted by Gasteiger charge is 2.16. The Hall–Kier alpha value is -1.59. The summed E-state index contributed by atoms with van der Waals surface area (Å²) in [6.45, 7) is 3.90. The molecule has 0 amide bonds. The number of thiophene rings is 1. The molecule has 1 aromatic carbocycles. The summed E-state index contributed by atoms with van der Waals surface area (Å²) in [5.74, 6) is -1.02. The fraction of sp³-hybridized carbons (Fsp3) is 0.143. The second-order valence-corrected chi connectivity index (χ2v) is 5.99. The Morgan fingerprint density at radius 2 is 1.90 bits per heavy atom. The van der Waals surface area contributed by atoms with Gasteiger partial charge in [0.2, 0.25) is 0 Å². The monoisotopic (exact) mass is 310 g/mol. The Labute approximate surface area is 123 Å². The zero-order valence-electron chi connectivity index (χ0n) is 10.7. The van der Waals surface area contributed by atoms with Crippen LogP contribution in [0.15, 0.2) is 18.2 Å². The molecule has 0 unspecified atom stereocenters. The Morgan fingerprint density at radius 1 is 1.15 bits per heavy atom. The predicted molar refractivity (Wildman–Crippen MR) is 77.3 cm³/mol. The average molecular weight is 311 g/mol. The third-order valence-electron chi connectivity index (χ3n) is 3.15. The van der Waals surface area contributed by atoms with E-state index < -0.39 is 11.6 Å². The molecule has 3 rings (SSSR count). The largest absolute Gasteiger partial charge is 0.217 e. The van der Waals surface area contributed by atoms with Gasteiger partial charge in [-0.05, 0) is 37.6 Å². The minimum absolute atomic E-state index is 0.0116. The molecule has 0 atom stereocenters. The molecule has 0 saturated heterocycles. The zero-order valence-corrected chi connectivity index (χ0v) is 12.2. The maximum absolute atomic E-state index is 13.8. The Bertz CT molecular complexity index is 830. The lowest BCUT2D eigenvalue weighted by molar-refractivity contribution is 0.602. The summed E-state index contributed by atoms with van der Waals surface area (Å²) >= 11 is 7.62. The van der Waals surface area contributed by atoms with E-state index >= 15 is 0 Å². The van der Waals surface area contributed by atoms with Crippen LogP contribution in [0.2, 0.25) is 5.15 Å². The van der Waals surface area contributed by atoms with Crippen LogP contribution in [0, 0.1) is 25.5 Å². The van der Waals surface area contributed by atoms with Gasteiger partial charge in [0.25, 0.3) is 0 Å². The van der Waals surface area contributed by atoms with Crippen LogP contribution in [0.25, 0.3) is 21.6 Å². The molecule has 0 spiro atoms. The third-order valence-corrected chi connectivity index (χ3v) is 4.53. The van der Waals surface area contributed by atoms with Crippen molar-refractivity contribution in [1.82, 2.24) is 9.97 Å². The second-order valence-electron chi connectivity index (χ2n) is 4.43. The molecule has 0 fully saturated rings. The average Bonchev–Trinajstić information content (AvgIpc) is 2.68. The topological polar surface area (TPSA) is 25.8 Å². The first-order valence-electron chi connectivity index (χ1n) is 5.86. The van der Waals surface area contributed by atoms with Crippen LogP contribution in [0.1, 0.15) is 10.4 Å². The fourth-order valence-electron chi connectivity index (χ4n) is 1.99. The fourth-order valence-corrected chi connectivity index (χ4v) is 3.39. The first-order valence-corrected chi connectivity index (χ1v) is 7.05. The SMILES string of the molecule is Cc1sc2nc(-c3cc(F)ccc3F)nc(Cl)c2c1C. The summed E-state index contributed by atoms with van der Waals surface area (Å²) < 4.78 is 27.0. The van der Waals surface area contributed by atoms with E-state index in [2.05, 4.69) is 9.97 Å². The van der Waals surface area contributed by atoms with E-state index in [0.717, 1.165) is 34.0 Å². The van der Waals surface area contributed by atoms with Crippen LogP contribution in [0.4, 0.5) is 8.78 Å². The minimum Gasteiger partial charge on any atom is -0.217 e. The van der Waals surface area contributed by atoms with E-state index in [1.807, 2.05) is 13.8 Å². The molecular formula is C14H9ClF2N2S. The van der Waals surface area contributed by atoms with Gasteiger partial charge < -0.3 is 0 Å². The molecule has 3 aromatic rings. The minimum atomic E-state index is -0.577. The normalized spacial score (nSPS) is 11.2. The van der Waals surface area contributed by atoms with Gasteiger partial charge in [0.15, 0.2) is 5.82 Å². The highest BCUT2D eigenvalue weighted by Crippen LogP contribution is 2.35. The van der Waals surface area contributed by atoms with Crippen molar-refractivity contribution in [2.24, 2.45) is 0 Å². The molecule has 6 heteroatoms. The number of hydrogen-bond acceptors (Lipinski definition) is 3. The van der Waals surface area contributed by atoms with Gasteiger partial charge in [0, 0.05) is 4.88 Å². The lowest BCUT2D eigenvalue weighted by Gasteiger charge is -2.04. The van der Waals surface area contributed by atoms with Crippen LogP contribution >= 0.6 is 22.9 Å². The standard InChI is InChI=1S/C14H9ClF2N2S/c1-6-7(2)20-14-11(6)12(15)18-13(19-14)9-5-8(16)3-4-10(9)17/h3-5H,1-2H3. The number of hydrogen-bond donors (Lipinski definition) is 0. The molecule has 0 bridgehead atoms. The second kappa shape index (κ2) is 4.75. The first-order chi connectivity index (χ1) is 9.47. The molecule has 2 heterocycles. The van der Waals surface area contributed by atoms with E-state index in [1.54, 1.807) is 0 Å². The first kappa shape index (κ1) is 13.4. The quantitative estimate of drug-likeness (QED) is 0.597. The van der Waals surface area contributed by atoms with Crippen molar-refractivity contribution in [1.29, 1.82) is 0 Å². The molecule has 2 nitrogen and oxygen atoms in total. The molecule has 0 aliphatic rings. The summed E-state index contributed by atoms with van der Waals surface area (Å²) in [6, 6.07) is 3.18. The molecular weight excluding hydrogens is 302 g/mol. The van der Waals surface area contributed by atoms with Crippen molar-refractivity contribution in [3.8, 4) is 11.4 Å². The lowest BCUT2D eigenvalue weighted by atomic mass is 10.2. The molecule has 0 aliphatic heterocycles. The van der Waals surface area contributed by atoms with Crippen LogP contribution in [0.5, 0.6) is 0 Å². The molecule has 0 aliphatic carbocycles. The molecule has 20 heavy (non-hydrogen) atoms. The van der Waals surface area contributed by atoms with Gasteiger partial charge in [-0.3, -0.25) is 0 Å². The maximum Gasteiger partial charge on any atom is 0.165 e. The van der Waals surface area contributed by atoms with Crippen LogP contribution in [-0.2, 0) is 0 Å². The van der Waals surface area contributed by atoms with Crippen LogP contribution in [-0.4, -0.2) is 9.97 Å². The smallest absolute Gasteiger partial charge is 0.165 e. The van der Waals surface area contributed by atoms with Gasteiger partial charge in [0.05, 0.1) is 10.9 Å². The van der Waals surface area contributed by atoms with Gasteiger partial charge in [-0.1, -0.05) is 11.6 Å². The number of halogens is 3. The van der Waals surface area contributed by atoms with E-state index in [-0.39, 0.29) is 16.5 Å². The van der Waals surface area contributed by atoms with Gasteiger partial charge in [-0.15, -0.1) is 11.3 Å². The van der Waals surface area contributed by atoms with Gasteiger partial charge in [-0.25, -0.2) is 18.7 Å². The summed E-state index contributed by atoms with van der Waals surface area (Å²) in [7, 11) is 0. The maximum atomic E-state index is 13.8. The number of nitrogens with zero attached hydrogens (tertiary/aromatic N) is 2. The van der Waals surface area contributed by atoms with Gasteiger partial charge >= 0.3 is 0 Å². The highest BCUT2D eigenvalue weighted by atomic mass is 35.5. The summed E-state index contributed by atoms with van der Waals surface area (Å²) in [6.07, 6.45) is 0. The number of benzene rings is 1. The van der Waals surface area contributed by atoms with Crippen LogP contribution in [0.3, 0.4) is 0 Å². The van der Waals surface area contributed by atoms with Crippen molar-refractivity contribution in [2.75, 3.05) is 0 Å². The highest BCUT2D eigenvalue weighted by molar-refractivity contribution is 7.18. The van der Waals surface area contributed by atoms with Crippen molar-refractivity contribution < 1.29 is 8.78 Å². The Morgan fingerprint density at radius 3 is 2.65 bits per heavy atom. The summed E-state index contributed by atoms with van der Waals surface area (Å²) in [5, 5.41) is 1.03. The van der Waals surface area contributed by atoms with Crippen LogP contribution < -0.4 is 0 Å². The molecule has 102 valence electrons. The molecule has 2 aromatic heterocycles. The Kier molecular flexibility index (Phi) is 3.18. The summed E-state index contributed by atoms with van der Waals surface area (Å²) in [4.78, 5) is 10.2. The number of aryl methyl sites for hydroxylation is 2. The third kappa shape index (κ3) is 2.07. The molecule has 0 saturated carbocycles. The van der Waals surface area contributed by atoms with E-state index in [9.17, 15) is 8.78 Å². The van der Waals surface area contributed by atoms with Crippen molar-refractivity contribution >= 4 is 33.2 Å². The van der Waals surface area contributed by atoms with Crippen molar-refractivity contribution in [2.45, 2.75) is 13.8 Å². The number of fused-ring (bicyclic) bond motifs is 1. The van der Waals surface area contributed by atoms with Gasteiger partial charge in [-0.2, -0.15) is 0 Å². The number of rotatable bonds is 1. The van der Waals surface area contributed by atoms with Gasteiger partial charge in [0.1, 0.15) is 21.6 Å². The van der Waals surface area contributed by atoms with E-state index in [4.69, 9.17) is 11.6 Å². The van der Waals surface area contributed by atoms with E-state index in [0.29, 0.717) is 4.83 Å². The van der Waals surface area contributed by atoms with E-state index in [1.165, 1.54) is 11.3 Å². The predicted octanol–water partition coefficient (Wildman–Crippen LogP) is 4.91. The molecule has 0 radical (unpaired) electrons. The number of aromatic nitrogens is 2.